The van der Waals surface area contributed by atoms with E-state index in [0.29, 0.717) is 0 Å². The van der Waals surface area contributed by atoms with E-state index < -0.39 is 0 Å². The lowest BCUT2D eigenvalue weighted by Gasteiger charge is -2.24. The van der Waals surface area contributed by atoms with Gasteiger partial charge in [-0.25, -0.2) is 0 Å². The third-order valence-corrected chi connectivity index (χ3v) is 5.91. The van der Waals surface area contributed by atoms with Gasteiger partial charge in [0.2, 0.25) is 5.91 Å². The van der Waals surface area contributed by atoms with E-state index in [0.717, 1.165) is 43.1 Å². The molecule has 0 radical (unpaired) electrons. The van der Waals surface area contributed by atoms with E-state index in [4.69, 9.17) is 11.6 Å². The Morgan fingerprint density at radius 2 is 1.95 bits per heavy atom. The van der Waals surface area contributed by atoms with Crippen LogP contribution in [-0.2, 0) is 4.79 Å². The van der Waals surface area contributed by atoms with Gasteiger partial charge in [-0.05, 0) is 25.6 Å². The van der Waals surface area contributed by atoms with Crippen molar-refractivity contribution >= 4 is 34.2 Å². The van der Waals surface area contributed by atoms with Gasteiger partial charge < -0.3 is 9.80 Å². The first-order valence-corrected chi connectivity index (χ1v) is 9.02. The average molecular weight is 337 g/mol. The highest BCUT2D eigenvalue weighted by atomic mass is 35.5. The number of benzene rings is 1. The summed E-state index contributed by atoms with van der Waals surface area (Å²) in [7, 11) is 2.11. The van der Waals surface area contributed by atoms with E-state index in [-0.39, 0.29) is 16.5 Å². The summed E-state index contributed by atoms with van der Waals surface area (Å²) < 4.78 is -0.205. The molecule has 0 saturated carbocycles. The molecule has 22 heavy (non-hydrogen) atoms. The number of alkyl halides is 1. The molecule has 0 spiro atoms. The Balaban J connectivity index is 1.73. The van der Waals surface area contributed by atoms with Crippen molar-refractivity contribution in [2.45, 2.75) is 11.1 Å². The molecule has 1 fully saturated rings. The van der Waals surface area contributed by atoms with Gasteiger partial charge in [-0.2, -0.15) is 0 Å². The van der Waals surface area contributed by atoms with Gasteiger partial charge in [-0.1, -0.05) is 36.4 Å². The van der Waals surface area contributed by atoms with Crippen LogP contribution in [0.3, 0.4) is 0 Å². The van der Waals surface area contributed by atoms with Crippen LogP contribution in [0.4, 0.5) is 0 Å². The second-order valence-electron chi connectivity index (χ2n) is 5.87. The highest BCUT2D eigenvalue weighted by molar-refractivity contribution is 8.10. The molecule has 3 nitrogen and oxygen atoms in total. The minimum atomic E-state index is -0.217. The smallest absolute Gasteiger partial charge is 0.231 e. The van der Waals surface area contributed by atoms with Crippen LogP contribution in [-0.4, -0.2) is 53.6 Å². The van der Waals surface area contributed by atoms with Gasteiger partial charge in [-0.15, -0.1) is 23.4 Å². The fourth-order valence-corrected chi connectivity index (χ4v) is 4.45. The minimum Gasteiger partial charge on any atom is -0.341 e. The highest BCUT2D eigenvalue weighted by Gasteiger charge is 2.35. The normalized spacial score (nSPS) is 26.6. The summed E-state index contributed by atoms with van der Waals surface area (Å²) in [5.74, 6) is -0.0426. The number of nitrogens with zero attached hydrogens (tertiary/aromatic N) is 2. The Morgan fingerprint density at radius 1 is 1.18 bits per heavy atom. The molecule has 0 aliphatic carbocycles. The second kappa shape index (κ2) is 7.07. The summed E-state index contributed by atoms with van der Waals surface area (Å²) in [5.41, 5.74) is 1.14. The van der Waals surface area contributed by atoms with E-state index in [1.54, 1.807) is 11.8 Å². The van der Waals surface area contributed by atoms with Crippen molar-refractivity contribution in [2.24, 2.45) is 5.92 Å². The lowest BCUT2D eigenvalue weighted by atomic mass is 10.1. The zero-order valence-electron chi connectivity index (χ0n) is 12.7. The fourth-order valence-electron chi connectivity index (χ4n) is 2.90. The van der Waals surface area contributed by atoms with Crippen molar-refractivity contribution in [1.29, 1.82) is 0 Å². The van der Waals surface area contributed by atoms with E-state index in [1.165, 1.54) is 0 Å². The van der Waals surface area contributed by atoms with Crippen molar-refractivity contribution in [3.63, 3.8) is 0 Å². The molecule has 2 atom stereocenters. The van der Waals surface area contributed by atoms with E-state index >= 15 is 0 Å². The molecule has 2 aliphatic rings. The number of halogens is 1. The van der Waals surface area contributed by atoms with Crippen molar-refractivity contribution in [1.82, 2.24) is 9.80 Å². The van der Waals surface area contributed by atoms with Crippen LogP contribution >= 0.6 is 23.4 Å². The molecule has 1 aromatic rings. The fraction of sp³-hybridized carbons (Fsp3) is 0.471. The molecule has 118 valence electrons. The number of amides is 1. The third-order valence-electron chi connectivity index (χ3n) is 4.23. The predicted molar refractivity (Wildman–Crippen MR) is 93.8 cm³/mol. The van der Waals surface area contributed by atoms with Crippen LogP contribution in [0.1, 0.15) is 12.0 Å². The largest absolute Gasteiger partial charge is 0.341 e. The first-order chi connectivity index (χ1) is 10.6. The average Bonchev–Trinajstić information content (AvgIpc) is 2.79. The predicted octanol–water partition coefficient (Wildman–Crippen LogP) is 3.12. The van der Waals surface area contributed by atoms with Gasteiger partial charge in [0, 0.05) is 24.5 Å². The van der Waals surface area contributed by atoms with Gasteiger partial charge >= 0.3 is 0 Å². The van der Waals surface area contributed by atoms with Crippen LogP contribution in [0.2, 0.25) is 0 Å². The zero-order chi connectivity index (χ0) is 15.5. The summed E-state index contributed by atoms with van der Waals surface area (Å²) in [5, 5.41) is 0. The Labute approximate surface area is 141 Å². The topological polar surface area (TPSA) is 23.6 Å². The van der Waals surface area contributed by atoms with Gasteiger partial charge in [0.1, 0.15) is 0 Å². The van der Waals surface area contributed by atoms with Gasteiger partial charge in [0.05, 0.1) is 10.6 Å². The van der Waals surface area contributed by atoms with E-state index in [2.05, 4.69) is 30.2 Å². The molecule has 0 N–H and O–H groups in total. The van der Waals surface area contributed by atoms with Crippen molar-refractivity contribution in [2.75, 3.05) is 33.2 Å². The lowest BCUT2D eigenvalue weighted by Crippen LogP contribution is -2.39. The summed E-state index contributed by atoms with van der Waals surface area (Å²) in [4.78, 5) is 18.2. The molecule has 3 rings (SSSR count). The van der Waals surface area contributed by atoms with Gasteiger partial charge in [0.15, 0.2) is 0 Å². The maximum Gasteiger partial charge on any atom is 0.231 e. The molecule has 2 aliphatic heterocycles. The molecule has 0 bridgehead atoms. The summed E-state index contributed by atoms with van der Waals surface area (Å²) >= 11 is 8.05. The Kier molecular flexibility index (Phi) is 5.11. The number of hydrogen-bond acceptors (Lipinski definition) is 3. The SMILES string of the molecule is CN1CCCN(C(=O)C2C=C(c3ccccc3)SC2Cl)CC1. The van der Waals surface area contributed by atoms with Gasteiger partial charge in [0.25, 0.3) is 0 Å². The molecule has 1 aromatic carbocycles. The summed E-state index contributed by atoms with van der Waals surface area (Å²) in [6.07, 6.45) is 3.08. The van der Waals surface area contributed by atoms with Crippen LogP contribution in [0.15, 0.2) is 36.4 Å². The standard InChI is InChI=1S/C17H21ClN2OS/c1-19-8-5-9-20(11-10-19)17(21)14-12-15(22-16(14)18)13-6-3-2-4-7-13/h2-4,6-7,12,14,16H,5,8-11H2,1H3. The van der Waals surface area contributed by atoms with Crippen molar-refractivity contribution in [3.05, 3.63) is 42.0 Å². The first-order valence-electron chi connectivity index (χ1n) is 7.70. The number of rotatable bonds is 2. The Hall–Kier alpha value is -0.970. The molecule has 1 saturated heterocycles. The third kappa shape index (κ3) is 3.50. The lowest BCUT2D eigenvalue weighted by molar-refractivity contribution is -0.133. The minimum absolute atomic E-state index is 0.175. The van der Waals surface area contributed by atoms with E-state index in [9.17, 15) is 4.79 Å². The number of carbonyl (C=O) groups is 1. The summed E-state index contributed by atoms with van der Waals surface area (Å²) in [6, 6.07) is 10.2. The van der Waals surface area contributed by atoms with Crippen LogP contribution in [0.25, 0.3) is 4.91 Å². The Bertz CT molecular complexity index is 563. The quantitative estimate of drug-likeness (QED) is 0.775. The Morgan fingerprint density at radius 3 is 2.73 bits per heavy atom. The van der Waals surface area contributed by atoms with Gasteiger partial charge in [-0.3, -0.25) is 4.79 Å². The second-order valence-corrected chi connectivity index (χ2v) is 7.79. The highest BCUT2D eigenvalue weighted by Crippen LogP contribution is 2.44. The van der Waals surface area contributed by atoms with Crippen LogP contribution in [0.5, 0.6) is 0 Å². The summed E-state index contributed by atoms with van der Waals surface area (Å²) in [6.45, 7) is 3.63. The molecule has 5 heteroatoms. The molecular formula is C17H21ClN2OS. The number of thioether (sulfide) groups is 1. The number of carbonyl (C=O) groups excluding carboxylic acids is 1. The van der Waals surface area contributed by atoms with E-state index in [1.807, 2.05) is 23.1 Å². The van der Waals surface area contributed by atoms with Crippen LogP contribution in [0, 0.1) is 5.92 Å². The zero-order valence-corrected chi connectivity index (χ0v) is 14.3. The monoisotopic (exact) mass is 336 g/mol. The molecule has 2 unspecified atom stereocenters. The first kappa shape index (κ1) is 15.9. The van der Waals surface area contributed by atoms with Crippen molar-refractivity contribution in [3.8, 4) is 0 Å². The number of hydrogen-bond donors (Lipinski definition) is 0. The number of likely N-dealkylation sites (N-methyl/N-ethyl adjacent to an activating group) is 1. The molecular weight excluding hydrogens is 316 g/mol. The van der Waals surface area contributed by atoms with Crippen LogP contribution < -0.4 is 0 Å². The molecule has 1 amide bonds. The van der Waals surface area contributed by atoms with Crippen molar-refractivity contribution < 1.29 is 4.79 Å². The maximum absolute atomic E-state index is 12.8. The maximum atomic E-state index is 12.8. The molecule has 0 aromatic heterocycles. The molecule has 2 heterocycles.